The lowest BCUT2D eigenvalue weighted by Crippen LogP contribution is -2.38. The van der Waals surface area contributed by atoms with Gasteiger partial charge < -0.3 is 15.4 Å². The Balaban J connectivity index is 1.46. The van der Waals surface area contributed by atoms with Crippen LogP contribution in [0.5, 0.6) is 11.6 Å². The van der Waals surface area contributed by atoms with Crippen molar-refractivity contribution in [1.29, 1.82) is 5.26 Å². The largest absolute Gasteiger partial charge is 0.437 e. The molecule has 5 rings (SSSR count). The van der Waals surface area contributed by atoms with Crippen molar-refractivity contribution in [2.24, 2.45) is 5.92 Å². The molecule has 0 saturated carbocycles. The Morgan fingerprint density at radius 3 is 2.86 bits per heavy atom. The van der Waals surface area contributed by atoms with Crippen LogP contribution >= 0.6 is 0 Å². The molecule has 3 heterocycles. The number of pyridine rings is 1. The van der Waals surface area contributed by atoms with E-state index in [1.54, 1.807) is 12.4 Å². The Morgan fingerprint density at radius 2 is 2.03 bits per heavy atom. The molecule has 4 aromatic rings. The van der Waals surface area contributed by atoms with Gasteiger partial charge in [0.1, 0.15) is 5.75 Å². The van der Waals surface area contributed by atoms with E-state index in [4.69, 9.17) is 9.72 Å². The highest BCUT2D eigenvalue weighted by Gasteiger charge is 2.17. The Bertz CT molecular complexity index is 1420. The molecule has 1 aliphatic heterocycles. The third kappa shape index (κ3) is 5.71. The Hall–Kier alpha value is -4.02. The van der Waals surface area contributed by atoms with E-state index in [2.05, 4.69) is 57.0 Å². The normalized spacial score (nSPS) is 16.2. The summed E-state index contributed by atoms with van der Waals surface area (Å²) >= 11 is 0. The molecule has 1 aliphatic rings. The van der Waals surface area contributed by atoms with Crippen molar-refractivity contribution in [2.45, 2.75) is 45.6 Å². The average molecular weight is 493 g/mol. The van der Waals surface area contributed by atoms with Gasteiger partial charge >= 0.3 is 0 Å². The van der Waals surface area contributed by atoms with Gasteiger partial charge in [-0.05, 0) is 80.8 Å². The number of aromatic nitrogens is 3. The lowest BCUT2D eigenvalue weighted by molar-refractivity contribution is 0.466. The average Bonchev–Trinajstić information content (AvgIpc) is 2.94. The molecule has 1 saturated heterocycles. The fourth-order valence-electron chi connectivity index (χ4n) is 4.79. The molecule has 2 atom stereocenters. The summed E-state index contributed by atoms with van der Waals surface area (Å²) in [6.45, 7) is 5.98. The van der Waals surface area contributed by atoms with Crippen LogP contribution in [-0.2, 0) is 6.42 Å². The third-order valence-corrected chi connectivity index (χ3v) is 6.90. The highest BCUT2D eigenvalue weighted by Crippen LogP contribution is 2.37. The van der Waals surface area contributed by atoms with Crippen molar-refractivity contribution in [1.82, 2.24) is 20.3 Å². The van der Waals surface area contributed by atoms with Gasteiger partial charge in [0.2, 0.25) is 11.8 Å². The molecule has 0 unspecified atom stereocenters. The van der Waals surface area contributed by atoms with E-state index < -0.39 is 0 Å². The number of hydrogen-bond acceptors (Lipinski definition) is 7. The molecular formula is C30H32N6O. The van der Waals surface area contributed by atoms with Crippen molar-refractivity contribution in [3.63, 3.8) is 0 Å². The van der Waals surface area contributed by atoms with Crippen LogP contribution in [-0.4, -0.2) is 34.1 Å². The summed E-state index contributed by atoms with van der Waals surface area (Å²) in [5.74, 6) is 1.92. The van der Waals surface area contributed by atoms with Crippen LogP contribution in [0.15, 0.2) is 60.9 Å². The van der Waals surface area contributed by atoms with Crippen LogP contribution < -0.4 is 15.4 Å². The molecule has 188 valence electrons. The molecule has 2 aromatic heterocycles. The number of benzene rings is 2. The zero-order valence-electron chi connectivity index (χ0n) is 21.4. The van der Waals surface area contributed by atoms with E-state index >= 15 is 0 Å². The standard InChI is InChI=1S/C30H32N6O/c1-20(18-31)10-12-22-6-3-8-25-24(22)13-11-21(2)28(25)37-29-26(9-5-16-33-29)27-14-17-34-30(36-27)35-23-7-4-15-32-19-23/h3,5-6,8-9,11,13-14,16-17,20,23,32H,4,7,10,12,15,19H2,1-2H3,(H,34,35,36)/t20-,23-/m0/s1. The lowest BCUT2D eigenvalue weighted by Gasteiger charge is -2.23. The number of ether oxygens (including phenoxy) is 1. The van der Waals surface area contributed by atoms with E-state index in [0.29, 0.717) is 17.9 Å². The first kappa shape index (κ1) is 24.7. The fourth-order valence-corrected chi connectivity index (χ4v) is 4.79. The molecule has 1 fully saturated rings. The number of nitriles is 1. The maximum absolute atomic E-state index is 9.20. The minimum absolute atomic E-state index is 0.0223. The molecule has 0 aliphatic carbocycles. The Labute approximate surface area is 218 Å². The molecule has 2 aromatic carbocycles. The van der Waals surface area contributed by atoms with Crippen molar-refractivity contribution in [2.75, 3.05) is 18.4 Å². The second-order valence-electron chi connectivity index (χ2n) is 9.70. The zero-order chi connectivity index (χ0) is 25.6. The minimum atomic E-state index is 0.0223. The zero-order valence-corrected chi connectivity index (χ0v) is 21.4. The van der Waals surface area contributed by atoms with Crippen LogP contribution in [0.1, 0.15) is 37.3 Å². The smallest absolute Gasteiger partial charge is 0.228 e. The van der Waals surface area contributed by atoms with Gasteiger partial charge in [0.25, 0.3) is 0 Å². The number of fused-ring (bicyclic) bond motifs is 1. The molecule has 7 heteroatoms. The van der Waals surface area contributed by atoms with E-state index in [1.165, 1.54) is 5.56 Å². The summed E-state index contributed by atoms with van der Waals surface area (Å²) < 4.78 is 6.55. The molecule has 0 amide bonds. The summed E-state index contributed by atoms with van der Waals surface area (Å²) in [5.41, 5.74) is 3.81. The van der Waals surface area contributed by atoms with Crippen LogP contribution in [0.3, 0.4) is 0 Å². The molecule has 0 spiro atoms. The molecule has 0 bridgehead atoms. The predicted molar refractivity (Wildman–Crippen MR) is 147 cm³/mol. The van der Waals surface area contributed by atoms with E-state index in [0.717, 1.165) is 72.1 Å². The van der Waals surface area contributed by atoms with Gasteiger partial charge in [-0.3, -0.25) is 0 Å². The van der Waals surface area contributed by atoms with Crippen molar-refractivity contribution in [3.05, 3.63) is 72.1 Å². The topological polar surface area (TPSA) is 95.8 Å². The lowest BCUT2D eigenvalue weighted by atomic mass is 9.96. The van der Waals surface area contributed by atoms with Gasteiger partial charge in [-0.1, -0.05) is 30.3 Å². The fraction of sp³-hybridized carbons (Fsp3) is 0.333. The third-order valence-electron chi connectivity index (χ3n) is 6.90. The van der Waals surface area contributed by atoms with Crippen LogP contribution in [0.4, 0.5) is 5.95 Å². The number of piperidine rings is 1. The molecular weight excluding hydrogens is 460 g/mol. The predicted octanol–water partition coefficient (Wildman–Crippen LogP) is 6.05. The van der Waals surface area contributed by atoms with Crippen molar-refractivity contribution in [3.8, 4) is 29.0 Å². The van der Waals surface area contributed by atoms with Crippen molar-refractivity contribution >= 4 is 16.7 Å². The second-order valence-corrected chi connectivity index (χ2v) is 9.70. The van der Waals surface area contributed by atoms with E-state index in [-0.39, 0.29) is 5.92 Å². The Morgan fingerprint density at radius 1 is 1.11 bits per heavy atom. The maximum Gasteiger partial charge on any atom is 0.228 e. The first-order valence-electron chi connectivity index (χ1n) is 13.0. The highest BCUT2D eigenvalue weighted by atomic mass is 16.5. The van der Waals surface area contributed by atoms with Gasteiger partial charge in [-0.25, -0.2) is 15.0 Å². The highest BCUT2D eigenvalue weighted by molar-refractivity contribution is 5.92. The molecule has 0 radical (unpaired) electrons. The summed E-state index contributed by atoms with van der Waals surface area (Å²) in [6.07, 6.45) is 7.42. The summed E-state index contributed by atoms with van der Waals surface area (Å²) in [4.78, 5) is 13.8. The van der Waals surface area contributed by atoms with Crippen LogP contribution in [0, 0.1) is 24.2 Å². The van der Waals surface area contributed by atoms with Crippen LogP contribution in [0.2, 0.25) is 0 Å². The van der Waals surface area contributed by atoms with Gasteiger partial charge in [0.15, 0.2) is 0 Å². The number of nitrogens with one attached hydrogen (secondary N) is 2. The summed E-state index contributed by atoms with van der Waals surface area (Å²) in [7, 11) is 0. The minimum Gasteiger partial charge on any atom is -0.437 e. The molecule has 37 heavy (non-hydrogen) atoms. The van der Waals surface area contributed by atoms with Gasteiger partial charge in [0, 0.05) is 36.3 Å². The molecule has 7 nitrogen and oxygen atoms in total. The van der Waals surface area contributed by atoms with E-state index in [9.17, 15) is 5.26 Å². The maximum atomic E-state index is 9.20. The van der Waals surface area contributed by atoms with Crippen LogP contribution in [0.25, 0.3) is 22.0 Å². The number of hydrogen-bond donors (Lipinski definition) is 2. The van der Waals surface area contributed by atoms with Gasteiger partial charge in [-0.2, -0.15) is 5.26 Å². The van der Waals surface area contributed by atoms with Crippen molar-refractivity contribution < 1.29 is 4.74 Å². The summed E-state index contributed by atoms with van der Waals surface area (Å²) in [6, 6.07) is 18.9. The van der Waals surface area contributed by atoms with Gasteiger partial charge in [0.05, 0.1) is 17.3 Å². The molecule has 2 N–H and O–H groups in total. The summed E-state index contributed by atoms with van der Waals surface area (Å²) in [5, 5.41) is 18.2. The van der Waals surface area contributed by atoms with Gasteiger partial charge in [-0.15, -0.1) is 0 Å². The second kappa shape index (κ2) is 11.4. The van der Waals surface area contributed by atoms with E-state index in [1.807, 2.05) is 32.0 Å². The number of aryl methyl sites for hydroxylation is 2. The SMILES string of the molecule is Cc1ccc2c(CC[C@H](C)C#N)cccc2c1Oc1ncccc1-c1ccnc(N[C@H]2CCCNC2)n1. The number of rotatable bonds is 8. The first-order valence-corrected chi connectivity index (χ1v) is 13.0. The monoisotopic (exact) mass is 492 g/mol. The number of anilines is 1. The Kier molecular flexibility index (Phi) is 7.57. The number of nitrogens with zero attached hydrogens (tertiary/aromatic N) is 4. The quantitative estimate of drug-likeness (QED) is 0.309. The first-order chi connectivity index (χ1) is 18.1.